The molecule has 330 valence electrons. The van der Waals surface area contributed by atoms with E-state index in [1.807, 2.05) is 11.8 Å². The van der Waals surface area contributed by atoms with E-state index < -0.39 is 10.8 Å². The average molecular weight is 920 g/mol. The van der Waals surface area contributed by atoms with Crippen LogP contribution in [0.15, 0.2) is 259 Å². The van der Waals surface area contributed by atoms with Crippen molar-refractivity contribution in [1.82, 2.24) is 0 Å². The van der Waals surface area contributed by atoms with E-state index in [1.165, 1.54) is 97.7 Å². The molecule has 12 aromatic carbocycles. The van der Waals surface area contributed by atoms with Crippen LogP contribution in [-0.4, -0.2) is 0 Å². The van der Waals surface area contributed by atoms with Gasteiger partial charge in [-0.3, -0.25) is 0 Å². The number of nitrogens with zero attached hydrogens (tertiary/aromatic N) is 1. The Hall–Kier alpha value is -8.63. The van der Waals surface area contributed by atoms with Gasteiger partial charge in [-0.1, -0.05) is 200 Å². The fourth-order valence-corrected chi connectivity index (χ4v) is 14.6. The summed E-state index contributed by atoms with van der Waals surface area (Å²) >= 11 is 1.89. The summed E-state index contributed by atoms with van der Waals surface area (Å²) in [4.78, 5) is 5.12. The van der Waals surface area contributed by atoms with E-state index in [-0.39, 0.29) is 0 Å². The van der Waals surface area contributed by atoms with Gasteiger partial charge in [-0.2, -0.15) is 0 Å². The first-order valence-electron chi connectivity index (χ1n) is 24.6. The molecule has 0 aromatic heterocycles. The third kappa shape index (κ3) is 5.08. The molecule has 0 atom stereocenters. The van der Waals surface area contributed by atoms with E-state index in [2.05, 4.69) is 254 Å². The van der Waals surface area contributed by atoms with Gasteiger partial charge < -0.3 is 9.64 Å². The summed E-state index contributed by atoms with van der Waals surface area (Å²) in [5.74, 6) is 1.78. The smallest absolute Gasteiger partial charge is 0.132 e. The van der Waals surface area contributed by atoms with Gasteiger partial charge in [0.05, 0.1) is 10.8 Å². The molecule has 71 heavy (non-hydrogen) atoms. The van der Waals surface area contributed by atoms with E-state index in [9.17, 15) is 0 Å². The van der Waals surface area contributed by atoms with Gasteiger partial charge in [-0.25, -0.2) is 0 Å². The molecule has 0 bridgehead atoms. The topological polar surface area (TPSA) is 12.5 Å². The summed E-state index contributed by atoms with van der Waals surface area (Å²) in [5.41, 5.74) is 17.3. The lowest BCUT2D eigenvalue weighted by Gasteiger charge is -2.40. The SMILES string of the molecule is c1ccc2c(c1)Oc1ccccc1C21c2ccccc2-c2ccc(N(c3ccc4c(c3)C3(c5ccccc5Sc5ccccc53)c3ccccc3-4)c3ccc4c5ccccc5c5ccccc5c4c3)cc21. The van der Waals surface area contributed by atoms with Crippen LogP contribution < -0.4 is 9.64 Å². The van der Waals surface area contributed by atoms with Crippen molar-refractivity contribution >= 4 is 61.1 Å². The molecular weight excluding hydrogens is 879 g/mol. The van der Waals surface area contributed by atoms with Crippen molar-refractivity contribution in [2.75, 3.05) is 4.90 Å². The minimum absolute atomic E-state index is 0.524. The van der Waals surface area contributed by atoms with Gasteiger partial charge in [0.15, 0.2) is 0 Å². The van der Waals surface area contributed by atoms with Crippen molar-refractivity contribution < 1.29 is 4.74 Å². The standard InChI is InChI=1S/C68H41NOS/c1-2-19-47-45(17-1)46-18-3-4-20-48(46)54-39-42(33-36-49(47)54)69(43-34-37-52-50-21-5-7-23-55(50)67(61(52)40-43)57-25-9-13-29-63(57)70-64-30-14-10-26-58(64)67)44-35-38-53-51-22-6-8-24-56(51)68(62(53)41-44)59-27-11-15-31-65(59)71-66-32-16-12-28-60(66)68/h1-41H. The summed E-state index contributed by atoms with van der Waals surface area (Å²) in [6, 6.07) is 93.1. The quantitative estimate of drug-likeness (QED) is 0.164. The third-order valence-corrected chi connectivity index (χ3v) is 17.3. The summed E-state index contributed by atoms with van der Waals surface area (Å²) in [6.07, 6.45) is 0. The van der Waals surface area contributed by atoms with E-state index in [0.29, 0.717) is 0 Å². The predicted molar refractivity (Wildman–Crippen MR) is 292 cm³/mol. The molecule has 3 heteroatoms. The van der Waals surface area contributed by atoms with Gasteiger partial charge >= 0.3 is 0 Å². The number of hydrogen-bond acceptors (Lipinski definition) is 3. The normalized spacial score (nSPS) is 14.5. The molecule has 2 aliphatic heterocycles. The Kier molecular flexibility index (Phi) is 7.99. The summed E-state index contributed by atoms with van der Waals surface area (Å²) in [6.45, 7) is 0. The van der Waals surface area contributed by atoms with E-state index in [1.54, 1.807) is 0 Å². The van der Waals surface area contributed by atoms with E-state index in [4.69, 9.17) is 4.74 Å². The van der Waals surface area contributed by atoms with Crippen molar-refractivity contribution in [3.8, 4) is 33.8 Å². The molecule has 2 spiro atoms. The predicted octanol–water partition coefficient (Wildman–Crippen LogP) is 17.9. The highest BCUT2D eigenvalue weighted by molar-refractivity contribution is 7.99. The molecule has 0 amide bonds. The average Bonchev–Trinajstić information content (AvgIpc) is 3.89. The number of ether oxygens (including phenoxy) is 1. The van der Waals surface area contributed by atoms with Crippen LogP contribution in [-0.2, 0) is 10.8 Å². The van der Waals surface area contributed by atoms with Crippen LogP contribution in [0.2, 0.25) is 0 Å². The van der Waals surface area contributed by atoms with Crippen LogP contribution in [0.1, 0.15) is 44.5 Å². The lowest BCUT2D eigenvalue weighted by molar-refractivity contribution is 0.436. The van der Waals surface area contributed by atoms with Crippen LogP contribution in [0.3, 0.4) is 0 Å². The monoisotopic (exact) mass is 919 g/mol. The summed E-state index contributed by atoms with van der Waals surface area (Å²) in [5, 5.41) is 7.53. The molecule has 4 aliphatic rings. The molecule has 2 heterocycles. The maximum absolute atomic E-state index is 6.78. The lowest BCUT2D eigenvalue weighted by Crippen LogP contribution is -2.32. The van der Waals surface area contributed by atoms with Gasteiger partial charge in [-0.05, 0) is 149 Å². The summed E-state index contributed by atoms with van der Waals surface area (Å²) in [7, 11) is 0. The van der Waals surface area contributed by atoms with E-state index >= 15 is 0 Å². The second-order valence-electron chi connectivity index (χ2n) is 19.4. The maximum atomic E-state index is 6.78. The number of rotatable bonds is 3. The Morgan fingerprint density at radius 2 is 0.620 bits per heavy atom. The molecular formula is C68H41NOS. The van der Waals surface area contributed by atoms with E-state index in [0.717, 1.165) is 39.7 Å². The number of para-hydroxylation sites is 2. The van der Waals surface area contributed by atoms with Crippen molar-refractivity contribution in [2.45, 2.75) is 20.6 Å². The van der Waals surface area contributed by atoms with Crippen LogP contribution in [0.4, 0.5) is 17.1 Å². The molecule has 0 saturated heterocycles. The minimum Gasteiger partial charge on any atom is -0.457 e. The van der Waals surface area contributed by atoms with Crippen molar-refractivity contribution in [1.29, 1.82) is 0 Å². The van der Waals surface area contributed by atoms with Crippen molar-refractivity contribution in [3.05, 3.63) is 293 Å². The maximum Gasteiger partial charge on any atom is 0.132 e. The highest BCUT2D eigenvalue weighted by Gasteiger charge is 2.52. The van der Waals surface area contributed by atoms with Crippen molar-refractivity contribution in [3.63, 3.8) is 0 Å². The Morgan fingerprint density at radius 1 is 0.268 bits per heavy atom. The Labute approximate surface area is 416 Å². The second kappa shape index (κ2) is 14.5. The van der Waals surface area contributed by atoms with Gasteiger partial charge in [-0.15, -0.1) is 0 Å². The fourth-order valence-electron chi connectivity index (χ4n) is 13.4. The van der Waals surface area contributed by atoms with Gasteiger partial charge in [0.2, 0.25) is 0 Å². The largest absolute Gasteiger partial charge is 0.457 e. The molecule has 0 unspecified atom stereocenters. The molecule has 0 saturated carbocycles. The Morgan fingerprint density at radius 3 is 1.14 bits per heavy atom. The van der Waals surface area contributed by atoms with Crippen LogP contribution in [0, 0.1) is 0 Å². The zero-order valence-electron chi connectivity index (χ0n) is 38.4. The second-order valence-corrected chi connectivity index (χ2v) is 20.5. The van der Waals surface area contributed by atoms with Gasteiger partial charge in [0.1, 0.15) is 11.5 Å². The highest BCUT2D eigenvalue weighted by Crippen LogP contribution is 2.65. The zero-order valence-corrected chi connectivity index (χ0v) is 39.3. The Bertz CT molecular complexity index is 3960. The molecule has 12 aromatic rings. The molecule has 0 fully saturated rings. The first-order valence-corrected chi connectivity index (χ1v) is 25.4. The van der Waals surface area contributed by atoms with Gasteiger partial charge in [0.25, 0.3) is 0 Å². The van der Waals surface area contributed by atoms with Crippen LogP contribution >= 0.6 is 11.8 Å². The number of benzene rings is 12. The molecule has 0 radical (unpaired) electrons. The number of fused-ring (bicyclic) bond motifs is 24. The molecule has 16 rings (SSSR count). The first kappa shape index (κ1) is 39.2. The third-order valence-electron chi connectivity index (χ3n) is 16.2. The molecule has 2 nitrogen and oxygen atoms in total. The minimum atomic E-state index is -0.617. The van der Waals surface area contributed by atoms with Crippen LogP contribution in [0.25, 0.3) is 54.6 Å². The fraction of sp³-hybridized carbons (Fsp3) is 0.0294. The van der Waals surface area contributed by atoms with Crippen molar-refractivity contribution in [2.24, 2.45) is 0 Å². The van der Waals surface area contributed by atoms with Crippen LogP contribution in [0.5, 0.6) is 11.5 Å². The Balaban J connectivity index is 1.01. The zero-order chi connectivity index (χ0) is 46.4. The summed E-state index contributed by atoms with van der Waals surface area (Å²) < 4.78 is 6.78. The lowest BCUT2D eigenvalue weighted by atomic mass is 9.66. The molecule has 0 N–H and O–H groups in total. The number of anilines is 3. The van der Waals surface area contributed by atoms with Gasteiger partial charge in [0, 0.05) is 38.0 Å². The number of hydrogen-bond donors (Lipinski definition) is 0. The molecule has 2 aliphatic carbocycles. The first-order chi connectivity index (χ1) is 35.2. The highest BCUT2D eigenvalue weighted by atomic mass is 32.2.